The summed E-state index contributed by atoms with van der Waals surface area (Å²) in [7, 11) is 0. The fourth-order valence-corrected chi connectivity index (χ4v) is 4.04. The predicted octanol–water partition coefficient (Wildman–Crippen LogP) is 4.96. The van der Waals surface area contributed by atoms with Gasteiger partial charge in [0.1, 0.15) is 0 Å². The summed E-state index contributed by atoms with van der Waals surface area (Å²) in [6.45, 7) is 2.15. The molecule has 0 fully saturated rings. The zero-order chi connectivity index (χ0) is 18.6. The van der Waals surface area contributed by atoms with E-state index in [0.717, 1.165) is 26.9 Å². The number of rotatable bonds is 3. The van der Waals surface area contributed by atoms with Crippen molar-refractivity contribution in [3.63, 3.8) is 0 Å². The van der Waals surface area contributed by atoms with Gasteiger partial charge in [-0.1, -0.05) is 29.8 Å². The van der Waals surface area contributed by atoms with Gasteiger partial charge < -0.3 is 5.32 Å². The van der Waals surface area contributed by atoms with Gasteiger partial charge in [0.15, 0.2) is 0 Å². The van der Waals surface area contributed by atoms with Crippen LogP contribution in [0, 0.1) is 11.8 Å². The van der Waals surface area contributed by atoms with Gasteiger partial charge in [-0.05, 0) is 49.4 Å². The van der Waals surface area contributed by atoms with Crippen LogP contribution in [0.1, 0.15) is 17.3 Å². The van der Waals surface area contributed by atoms with Crippen molar-refractivity contribution in [2.45, 2.75) is 16.7 Å². The van der Waals surface area contributed by atoms with Gasteiger partial charge in [-0.3, -0.25) is 14.7 Å². The first-order valence-corrected chi connectivity index (χ1v) is 9.37. The number of hydrogen-bond donors (Lipinski definition) is 1. The second-order valence-electron chi connectivity index (χ2n) is 5.97. The van der Waals surface area contributed by atoms with Crippen LogP contribution in [0.5, 0.6) is 0 Å². The first kappa shape index (κ1) is 17.2. The minimum atomic E-state index is -0.0208. The second kappa shape index (κ2) is 7.56. The number of pyridine rings is 1. The Labute approximate surface area is 162 Å². The van der Waals surface area contributed by atoms with Crippen molar-refractivity contribution in [3.8, 4) is 11.8 Å². The maximum atomic E-state index is 13.1. The van der Waals surface area contributed by atoms with Crippen molar-refractivity contribution >= 4 is 34.7 Å². The van der Waals surface area contributed by atoms with Crippen molar-refractivity contribution in [3.05, 3.63) is 72.6 Å². The van der Waals surface area contributed by atoms with E-state index >= 15 is 0 Å². The van der Waals surface area contributed by atoms with E-state index in [1.54, 1.807) is 36.0 Å². The summed E-state index contributed by atoms with van der Waals surface area (Å²) < 4.78 is 0. The second-order valence-corrected chi connectivity index (χ2v) is 7.05. The van der Waals surface area contributed by atoms with Crippen LogP contribution >= 0.6 is 11.8 Å². The minimum absolute atomic E-state index is 0.0208. The van der Waals surface area contributed by atoms with Gasteiger partial charge in [-0.25, -0.2) is 0 Å². The molecule has 1 N–H and O–H groups in total. The molecule has 4 rings (SSSR count). The van der Waals surface area contributed by atoms with Crippen LogP contribution in [-0.2, 0) is 0 Å². The van der Waals surface area contributed by atoms with Gasteiger partial charge in [-0.2, -0.15) is 0 Å². The van der Waals surface area contributed by atoms with Crippen LogP contribution in [-0.4, -0.2) is 17.4 Å². The lowest BCUT2D eigenvalue weighted by Crippen LogP contribution is -2.31. The van der Waals surface area contributed by atoms with E-state index in [-0.39, 0.29) is 5.91 Å². The smallest absolute Gasteiger partial charge is 0.260 e. The molecule has 132 valence electrons. The van der Waals surface area contributed by atoms with E-state index in [9.17, 15) is 4.79 Å². The molecule has 4 nitrogen and oxygen atoms in total. The number of carbonyl (C=O) groups excluding carboxylic acids is 1. The Morgan fingerprint density at radius 1 is 1.07 bits per heavy atom. The molecule has 5 heteroatoms. The molecule has 0 unspecified atom stereocenters. The van der Waals surface area contributed by atoms with Gasteiger partial charge >= 0.3 is 0 Å². The molecule has 1 amide bonds. The largest absolute Gasteiger partial charge is 0.354 e. The molecule has 1 aliphatic rings. The molecule has 3 aromatic rings. The van der Waals surface area contributed by atoms with E-state index in [2.05, 4.69) is 28.2 Å². The Morgan fingerprint density at radius 3 is 2.78 bits per heavy atom. The lowest BCUT2D eigenvalue weighted by molar-refractivity contribution is 0.0987. The fourth-order valence-electron chi connectivity index (χ4n) is 2.92. The highest BCUT2D eigenvalue weighted by molar-refractivity contribution is 7.99. The molecule has 0 spiro atoms. The van der Waals surface area contributed by atoms with E-state index in [1.807, 2.05) is 48.5 Å². The van der Waals surface area contributed by atoms with Gasteiger partial charge in [0.25, 0.3) is 5.91 Å². The summed E-state index contributed by atoms with van der Waals surface area (Å²) in [5, 5.41) is 3.36. The molecule has 0 saturated carbocycles. The van der Waals surface area contributed by atoms with Crippen LogP contribution in [0.2, 0.25) is 0 Å². The number of aromatic nitrogens is 1. The Hall–Kier alpha value is -3.23. The molecule has 0 radical (unpaired) electrons. The monoisotopic (exact) mass is 371 g/mol. The van der Waals surface area contributed by atoms with Crippen LogP contribution < -0.4 is 10.2 Å². The SMILES string of the molecule is CC#CCN1C(=O)c2ccccc2Sc2cc(Nc3cccnc3)ccc21. The Morgan fingerprint density at radius 2 is 1.96 bits per heavy atom. The third-order valence-corrected chi connectivity index (χ3v) is 5.32. The highest BCUT2D eigenvalue weighted by Gasteiger charge is 2.26. The lowest BCUT2D eigenvalue weighted by Gasteiger charge is -2.21. The number of fused-ring (bicyclic) bond motifs is 2. The van der Waals surface area contributed by atoms with Crippen LogP contribution in [0.25, 0.3) is 0 Å². The first-order chi connectivity index (χ1) is 13.3. The molecular weight excluding hydrogens is 354 g/mol. The summed E-state index contributed by atoms with van der Waals surface area (Å²) in [5.41, 5.74) is 3.45. The number of anilines is 3. The molecule has 2 heterocycles. The first-order valence-electron chi connectivity index (χ1n) is 8.56. The molecule has 0 bridgehead atoms. The van der Waals surface area contributed by atoms with Crippen LogP contribution in [0.4, 0.5) is 17.1 Å². The zero-order valence-corrected chi connectivity index (χ0v) is 15.6. The number of nitrogens with zero attached hydrogens (tertiary/aromatic N) is 2. The van der Waals surface area contributed by atoms with Crippen molar-refractivity contribution in [2.24, 2.45) is 0 Å². The van der Waals surface area contributed by atoms with Crippen molar-refractivity contribution in [2.75, 3.05) is 16.8 Å². The maximum Gasteiger partial charge on any atom is 0.260 e. The average Bonchev–Trinajstić information content (AvgIpc) is 2.81. The molecule has 0 atom stereocenters. The van der Waals surface area contributed by atoms with E-state index < -0.39 is 0 Å². The number of benzene rings is 2. The molecule has 2 aromatic carbocycles. The maximum absolute atomic E-state index is 13.1. The normalized spacial score (nSPS) is 12.3. The zero-order valence-electron chi connectivity index (χ0n) is 14.8. The quantitative estimate of drug-likeness (QED) is 0.661. The summed E-state index contributed by atoms with van der Waals surface area (Å²) in [5.74, 6) is 5.89. The lowest BCUT2D eigenvalue weighted by atomic mass is 10.1. The number of nitrogens with one attached hydrogen (secondary N) is 1. The molecule has 27 heavy (non-hydrogen) atoms. The molecule has 1 aromatic heterocycles. The third-order valence-electron chi connectivity index (χ3n) is 4.20. The average molecular weight is 371 g/mol. The summed E-state index contributed by atoms with van der Waals surface area (Å²) in [4.78, 5) is 21.0. The minimum Gasteiger partial charge on any atom is -0.354 e. The Kier molecular flexibility index (Phi) is 4.82. The third kappa shape index (κ3) is 3.53. The van der Waals surface area contributed by atoms with Crippen molar-refractivity contribution in [1.29, 1.82) is 0 Å². The highest BCUT2D eigenvalue weighted by Crippen LogP contribution is 2.42. The van der Waals surface area contributed by atoms with Crippen molar-refractivity contribution in [1.82, 2.24) is 4.98 Å². The molecular formula is C22H17N3OS. The number of hydrogen-bond acceptors (Lipinski definition) is 4. The van der Waals surface area contributed by atoms with E-state index in [0.29, 0.717) is 12.1 Å². The summed E-state index contributed by atoms with van der Waals surface area (Å²) in [6.07, 6.45) is 3.52. The summed E-state index contributed by atoms with van der Waals surface area (Å²) >= 11 is 1.60. The Balaban J connectivity index is 1.77. The van der Waals surface area contributed by atoms with Crippen molar-refractivity contribution < 1.29 is 4.79 Å². The molecule has 0 aliphatic carbocycles. The van der Waals surface area contributed by atoms with Gasteiger partial charge in [0.05, 0.1) is 29.7 Å². The van der Waals surface area contributed by atoms with E-state index in [1.165, 1.54) is 0 Å². The van der Waals surface area contributed by atoms with Gasteiger partial charge in [0, 0.05) is 21.7 Å². The number of amides is 1. The highest BCUT2D eigenvalue weighted by atomic mass is 32.2. The topological polar surface area (TPSA) is 45.2 Å². The molecule has 0 saturated heterocycles. The van der Waals surface area contributed by atoms with Crippen LogP contribution in [0.15, 0.2) is 76.8 Å². The van der Waals surface area contributed by atoms with Gasteiger partial charge in [-0.15, -0.1) is 5.92 Å². The van der Waals surface area contributed by atoms with Gasteiger partial charge in [0.2, 0.25) is 0 Å². The predicted molar refractivity (Wildman–Crippen MR) is 110 cm³/mol. The number of carbonyl (C=O) groups is 1. The standard InChI is InChI=1S/C22H17N3OS/c1-2-3-13-25-19-11-10-16(24-17-7-6-12-23-15-17)14-21(19)27-20-9-5-4-8-18(20)22(25)26/h4-12,14-15,24H,13H2,1H3. The summed E-state index contributed by atoms with van der Waals surface area (Å²) in [6, 6.07) is 17.6. The Bertz CT molecular complexity index is 1050. The van der Waals surface area contributed by atoms with Crippen LogP contribution in [0.3, 0.4) is 0 Å². The van der Waals surface area contributed by atoms with E-state index in [4.69, 9.17) is 0 Å². The molecule has 1 aliphatic heterocycles. The fraction of sp³-hybridized carbons (Fsp3) is 0.0909.